The van der Waals surface area contributed by atoms with Gasteiger partial charge in [-0.15, -0.1) is 0 Å². The lowest BCUT2D eigenvalue weighted by molar-refractivity contribution is -0.117. The molecule has 4 nitrogen and oxygen atoms in total. The zero-order chi connectivity index (χ0) is 13.4. The minimum atomic E-state index is -1.02. The van der Waals surface area contributed by atoms with Crippen molar-refractivity contribution >= 4 is 33.5 Å². The molecule has 0 radical (unpaired) electrons. The van der Waals surface area contributed by atoms with Gasteiger partial charge in [-0.05, 0) is 52.9 Å². The fourth-order valence-electron chi connectivity index (χ4n) is 1.88. The fraction of sp³-hybridized carbons (Fsp3) is 0.385. The Morgan fingerprint density at radius 2 is 2.06 bits per heavy atom. The highest BCUT2D eigenvalue weighted by Crippen LogP contribution is 2.38. The lowest BCUT2D eigenvalue weighted by Gasteiger charge is -2.10. The molecule has 5 heteroatoms. The summed E-state index contributed by atoms with van der Waals surface area (Å²) in [6, 6.07) is 3.20. The van der Waals surface area contributed by atoms with Crippen LogP contribution in [0.4, 0.5) is 5.69 Å². The Morgan fingerprint density at radius 3 is 2.56 bits per heavy atom. The van der Waals surface area contributed by atoms with Crippen molar-refractivity contribution in [2.45, 2.75) is 20.3 Å². The molecule has 0 saturated heterocycles. The van der Waals surface area contributed by atoms with E-state index in [0.717, 1.165) is 12.0 Å². The molecule has 18 heavy (non-hydrogen) atoms. The molecule has 1 aliphatic rings. The van der Waals surface area contributed by atoms with E-state index in [4.69, 9.17) is 5.11 Å². The van der Waals surface area contributed by atoms with E-state index in [0.29, 0.717) is 16.1 Å². The normalized spacial score (nSPS) is 21.5. The van der Waals surface area contributed by atoms with Crippen molar-refractivity contribution in [3.05, 3.63) is 27.7 Å². The van der Waals surface area contributed by atoms with Crippen LogP contribution in [0.25, 0.3) is 0 Å². The number of carboxylic acids is 1. The fourth-order valence-corrected chi connectivity index (χ4v) is 2.51. The number of carbonyl (C=O) groups is 2. The second-order valence-corrected chi connectivity index (χ2v) is 5.62. The van der Waals surface area contributed by atoms with E-state index < -0.39 is 5.97 Å². The number of nitrogens with one attached hydrogen (secondary N) is 1. The topological polar surface area (TPSA) is 66.4 Å². The zero-order valence-electron chi connectivity index (χ0n) is 10.2. The van der Waals surface area contributed by atoms with Crippen molar-refractivity contribution < 1.29 is 14.7 Å². The van der Waals surface area contributed by atoms with Crippen molar-refractivity contribution in [1.82, 2.24) is 0 Å². The summed E-state index contributed by atoms with van der Waals surface area (Å²) in [5, 5.41) is 11.8. The molecule has 0 aromatic heterocycles. The second kappa shape index (κ2) is 4.72. The summed E-state index contributed by atoms with van der Waals surface area (Å²) in [5.74, 6) is -0.539. The largest absolute Gasteiger partial charge is 0.478 e. The van der Waals surface area contributed by atoms with Crippen LogP contribution in [0, 0.1) is 18.8 Å². The molecule has 1 aromatic carbocycles. The number of benzene rings is 1. The highest BCUT2D eigenvalue weighted by molar-refractivity contribution is 9.10. The first-order valence-electron chi connectivity index (χ1n) is 5.74. The van der Waals surface area contributed by atoms with Crippen LogP contribution < -0.4 is 5.32 Å². The predicted molar refractivity (Wildman–Crippen MR) is 71.7 cm³/mol. The summed E-state index contributed by atoms with van der Waals surface area (Å²) >= 11 is 3.21. The van der Waals surface area contributed by atoms with Crippen molar-refractivity contribution in [2.75, 3.05) is 5.32 Å². The molecule has 96 valence electrons. The number of amides is 1. The first-order chi connectivity index (χ1) is 8.40. The number of aryl methyl sites for hydroxylation is 1. The van der Waals surface area contributed by atoms with Gasteiger partial charge in [0.2, 0.25) is 5.91 Å². The van der Waals surface area contributed by atoms with Crippen molar-refractivity contribution in [2.24, 2.45) is 11.8 Å². The minimum Gasteiger partial charge on any atom is -0.478 e. The van der Waals surface area contributed by atoms with Crippen LogP contribution in [0.3, 0.4) is 0 Å². The number of carboxylic acid groups (broad SMARTS) is 1. The van der Waals surface area contributed by atoms with Gasteiger partial charge in [-0.3, -0.25) is 4.79 Å². The van der Waals surface area contributed by atoms with Crippen LogP contribution >= 0.6 is 15.9 Å². The maximum absolute atomic E-state index is 11.8. The predicted octanol–water partition coefficient (Wildman–Crippen LogP) is 3.05. The Morgan fingerprint density at radius 1 is 1.44 bits per heavy atom. The van der Waals surface area contributed by atoms with Gasteiger partial charge in [-0.2, -0.15) is 0 Å². The van der Waals surface area contributed by atoms with E-state index in [1.165, 1.54) is 6.07 Å². The number of anilines is 1. The molecule has 0 unspecified atom stereocenters. The Kier molecular flexibility index (Phi) is 3.43. The highest BCUT2D eigenvalue weighted by atomic mass is 79.9. The molecule has 1 aromatic rings. The number of halogens is 1. The molecule has 0 aliphatic heterocycles. The minimum absolute atomic E-state index is 0.0238. The number of aromatic carboxylic acids is 1. The Bertz CT molecular complexity index is 527. The summed E-state index contributed by atoms with van der Waals surface area (Å²) in [6.07, 6.45) is 0.910. The van der Waals surface area contributed by atoms with Crippen LogP contribution in [0.15, 0.2) is 16.6 Å². The molecule has 2 rings (SSSR count). The standard InChI is InChI=1S/C13H14BrNO3/c1-6-3-8(6)12(16)15-11-5-9(13(17)18)10(14)4-7(11)2/h4-6,8H,3H2,1-2H3,(H,15,16)(H,17,18)/t6-,8-/m1/s1. The van der Waals surface area contributed by atoms with E-state index in [9.17, 15) is 9.59 Å². The molecule has 1 saturated carbocycles. The quantitative estimate of drug-likeness (QED) is 0.901. The Hall–Kier alpha value is -1.36. The van der Waals surface area contributed by atoms with Crippen molar-refractivity contribution in [1.29, 1.82) is 0 Å². The number of hydrogen-bond acceptors (Lipinski definition) is 2. The van der Waals surface area contributed by atoms with E-state index in [-0.39, 0.29) is 17.4 Å². The van der Waals surface area contributed by atoms with Gasteiger partial charge in [0.1, 0.15) is 0 Å². The Balaban J connectivity index is 2.24. The van der Waals surface area contributed by atoms with Gasteiger partial charge in [0.25, 0.3) is 0 Å². The number of hydrogen-bond donors (Lipinski definition) is 2. The zero-order valence-corrected chi connectivity index (χ0v) is 11.7. The molecule has 0 bridgehead atoms. The molecule has 2 atom stereocenters. The average molecular weight is 312 g/mol. The van der Waals surface area contributed by atoms with E-state index in [1.54, 1.807) is 6.07 Å². The molecule has 0 spiro atoms. The first kappa shape index (κ1) is 13.1. The third kappa shape index (κ3) is 2.56. The van der Waals surface area contributed by atoms with Gasteiger partial charge in [0, 0.05) is 16.1 Å². The molecule has 1 aliphatic carbocycles. The summed E-state index contributed by atoms with van der Waals surface area (Å²) in [6.45, 7) is 3.86. The summed E-state index contributed by atoms with van der Waals surface area (Å²) < 4.78 is 0.519. The number of carbonyl (C=O) groups excluding carboxylic acids is 1. The van der Waals surface area contributed by atoms with Crippen LogP contribution in [0.2, 0.25) is 0 Å². The van der Waals surface area contributed by atoms with Gasteiger partial charge >= 0.3 is 5.97 Å². The van der Waals surface area contributed by atoms with E-state index in [2.05, 4.69) is 21.2 Å². The van der Waals surface area contributed by atoms with Crippen molar-refractivity contribution in [3.8, 4) is 0 Å². The summed E-state index contributed by atoms with van der Waals surface area (Å²) in [5.41, 5.74) is 1.56. The second-order valence-electron chi connectivity index (χ2n) is 4.76. The SMILES string of the molecule is Cc1cc(Br)c(C(=O)O)cc1NC(=O)[C@@H]1C[C@H]1C. The summed E-state index contributed by atoms with van der Waals surface area (Å²) in [4.78, 5) is 22.9. The van der Waals surface area contributed by atoms with Gasteiger partial charge in [-0.1, -0.05) is 6.92 Å². The third-order valence-electron chi connectivity index (χ3n) is 3.25. The van der Waals surface area contributed by atoms with Gasteiger partial charge in [-0.25, -0.2) is 4.79 Å². The van der Waals surface area contributed by atoms with Crippen LogP contribution in [0.1, 0.15) is 29.3 Å². The van der Waals surface area contributed by atoms with Gasteiger partial charge < -0.3 is 10.4 Å². The van der Waals surface area contributed by atoms with E-state index in [1.807, 2.05) is 13.8 Å². The first-order valence-corrected chi connectivity index (χ1v) is 6.53. The maximum atomic E-state index is 11.8. The van der Waals surface area contributed by atoms with Crippen LogP contribution in [-0.2, 0) is 4.79 Å². The smallest absolute Gasteiger partial charge is 0.336 e. The molecule has 1 fully saturated rings. The monoisotopic (exact) mass is 311 g/mol. The van der Waals surface area contributed by atoms with Crippen LogP contribution in [0.5, 0.6) is 0 Å². The molecular formula is C13H14BrNO3. The average Bonchev–Trinajstić information content (AvgIpc) is 2.99. The Labute approximate surface area is 114 Å². The van der Waals surface area contributed by atoms with Gasteiger partial charge in [0.15, 0.2) is 0 Å². The lowest BCUT2D eigenvalue weighted by Crippen LogP contribution is -2.16. The van der Waals surface area contributed by atoms with E-state index >= 15 is 0 Å². The molecular weight excluding hydrogens is 298 g/mol. The molecule has 2 N–H and O–H groups in total. The third-order valence-corrected chi connectivity index (χ3v) is 3.90. The van der Waals surface area contributed by atoms with Crippen LogP contribution in [-0.4, -0.2) is 17.0 Å². The molecule has 1 amide bonds. The highest BCUT2D eigenvalue weighted by Gasteiger charge is 2.39. The van der Waals surface area contributed by atoms with Gasteiger partial charge in [0.05, 0.1) is 5.56 Å². The van der Waals surface area contributed by atoms with Crippen molar-refractivity contribution in [3.63, 3.8) is 0 Å². The summed E-state index contributed by atoms with van der Waals surface area (Å²) in [7, 11) is 0. The number of rotatable bonds is 3. The molecule has 0 heterocycles. The maximum Gasteiger partial charge on any atom is 0.336 e. The lowest BCUT2D eigenvalue weighted by atomic mass is 10.1.